The minimum atomic E-state index is 0.364. The number of piperidine rings is 1. The second kappa shape index (κ2) is 7.49. The van der Waals surface area contributed by atoms with Crippen molar-refractivity contribution in [3.63, 3.8) is 0 Å². The third kappa shape index (κ3) is 3.70. The predicted octanol–water partition coefficient (Wildman–Crippen LogP) is 2.75. The Morgan fingerprint density at radius 2 is 2.25 bits per heavy atom. The van der Waals surface area contributed by atoms with Crippen LogP contribution in [-0.4, -0.2) is 39.1 Å². The maximum Gasteiger partial charge on any atom is 0.151 e. The van der Waals surface area contributed by atoms with Gasteiger partial charge in [0.2, 0.25) is 0 Å². The normalized spacial score (nSPS) is 18.4. The molecule has 6 nitrogen and oxygen atoms in total. The first kappa shape index (κ1) is 17.2. The van der Waals surface area contributed by atoms with E-state index >= 15 is 0 Å². The summed E-state index contributed by atoms with van der Waals surface area (Å²) in [5, 5.41) is 17.1. The Morgan fingerprint density at radius 3 is 2.96 bits per heavy atom. The van der Waals surface area contributed by atoms with Crippen LogP contribution in [0.3, 0.4) is 0 Å². The van der Waals surface area contributed by atoms with E-state index in [4.69, 9.17) is 11.6 Å². The number of hydrogen-bond acceptors (Lipinski definition) is 5. The van der Waals surface area contributed by atoms with Gasteiger partial charge in [0.25, 0.3) is 0 Å². The first-order valence-electron chi connectivity index (χ1n) is 8.53. The lowest BCUT2D eigenvalue weighted by Crippen LogP contribution is -2.45. The monoisotopic (exact) mass is 348 g/mol. The van der Waals surface area contributed by atoms with Gasteiger partial charge in [0, 0.05) is 44.5 Å². The molecular weight excluding hydrogens is 324 g/mol. The molecule has 130 valence electrons. The zero-order valence-corrected chi connectivity index (χ0v) is 15.3. The van der Waals surface area contributed by atoms with Gasteiger partial charge in [0.1, 0.15) is 5.15 Å². The number of aromatic nitrogens is 4. The average molecular weight is 349 g/mol. The van der Waals surface area contributed by atoms with E-state index in [-0.39, 0.29) is 0 Å². The largest absolute Gasteiger partial charge is 0.354 e. The molecule has 1 fully saturated rings. The Balaban J connectivity index is 1.65. The highest BCUT2D eigenvalue weighted by atomic mass is 35.5. The van der Waals surface area contributed by atoms with Crippen molar-refractivity contribution in [1.82, 2.24) is 25.3 Å². The summed E-state index contributed by atoms with van der Waals surface area (Å²) in [7, 11) is 1.90. The Labute approximate surface area is 148 Å². The van der Waals surface area contributed by atoms with Crippen LogP contribution >= 0.6 is 11.6 Å². The van der Waals surface area contributed by atoms with Gasteiger partial charge in [-0.05, 0) is 30.9 Å². The molecule has 1 atom stereocenters. The molecule has 3 rings (SSSR count). The molecule has 1 N–H and O–H groups in total. The molecular formula is C17H25ClN6. The fraction of sp³-hybridized carbons (Fsp3) is 0.588. The van der Waals surface area contributed by atoms with E-state index in [0.717, 1.165) is 54.7 Å². The number of nitrogens with one attached hydrogen (secondary N) is 1. The van der Waals surface area contributed by atoms with Gasteiger partial charge in [-0.2, -0.15) is 10.2 Å². The Kier molecular flexibility index (Phi) is 5.36. The lowest BCUT2D eigenvalue weighted by atomic mass is 10.0. The highest BCUT2D eigenvalue weighted by Crippen LogP contribution is 2.25. The summed E-state index contributed by atoms with van der Waals surface area (Å²) >= 11 is 6.43. The van der Waals surface area contributed by atoms with Crippen LogP contribution in [0.2, 0.25) is 5.15 Å². The van der Waals surface area contributed by atoms with Crippen molar-refractivity contribution < 1.29 is 0 Å². The summed E-state index contributed by atoms with van der Waals surface area (Å²) in [5.41, 5.74) is 2.20. The van der Waals surface area contributed by atoms with Gasteiger partial charge in [-0.25, -0.2) is 0 Å². The van der Waals surface area contributed by atoms with Crippen LogP contribution < -0.4 is 10.2 Å². The molecule has 7 heteroatoms. The van der Waals surface area contributed by atoms with Crippen molar-refractivity contribution in [3.05, 3.63) is 34.7 Å². The highest BCUT2D eigenvalue weighted by molar-refractivity contribution is 6.30. The number of anilines is 1. The maximum atomic E-state index is 6.43. The number of aryl methyl sites for hydroxylation is 1. The first-order valence-corrected chi connectivity index (χ1v) is 8.91. The molecule has 2 aromatic heterocycles. The van der Waals surface area contributed by atoms with Crippen molar-refractivity contribution in [2.24, 2.45) is 7.05 Å². The summed E-state index contributed by atoms with van der Waals surface area (Å²) in [6.45, 7) is 7.02. The van der Waals surface area contributed by atoms with Crippen molar-refractivity contribution in [2.75, 3.05) is 18.0 Å². The van der Waals surface area contributed by atoms with Gasteiger partial charge in [0.05, 0.1) is 5.69 Å². The number of rotatable bonds is 5. The highest BCUT2D eigenvalue weighted by Gasteiger charge is 2.23. The molecule has 24 heavy (non-hydrogen) atoms. The molecule has 0 amide bonds. The first-order chi connectivity index (χ1) is 11.6. The average Bonchev–Trinajstić information content (AvgIpc) is 2.89. The quantitative estimate of drug-likeness (QED) is 0.900. The van der Waals surface area contributed by atoms with E-state index < -0.39 is 0 Å². The lowest BCUT2D eigenvalue weighted by Gasteiger charge is -2.33. The van der Waals surface area contributed by atoms with Crippen LogP contribution in [0.15, 0.2) is 18.3 Å². The second-order valence-corrected chi connectivity index (χ2v) is 7.04. The SMILES string of the molecule is CC(C)c1nn(C)c(Cl)c1CNC1CCCN(c2cccnn2)C1. The molecule has 0 aromatic carbocycles. The molecule has 0 spiro atoms. The van der Waals surface area contributed by atoms with Crippen LogP contribution in [0, 0.1) is 0 Å². The van der Waals surface area contributed by atoms with Crippen LogP contribution in [0.1, 0.15) is 43.9 Å². The van der Waals surface area contributed by atoms with Crippen LogP contribution in [-0.2, 0) is 13.6 Å². The third-order valence-corrected chi connectivity index (χ3v) is 4.99. The minimum Gasteiger partial charge on any atom is -0.354 e. The van der Waals surface area contributed by atoms with E-state index in [1.54, 1.807) is 10.9 Å². The van der Waals surface area contributed by atoms with E-state index in [1.807, 2.05) is 19.2 Å². The van der Waals surface area contributed by atoms with E-state index in [0.29, 0.717) is 12.0 Å². The van der Waals surface area contributed by atoms with Gasteiger partial charge >= 0.3 is 0 Å². The topological polar surface area (TPSA) is 58.9 Å². The fourth-order valence-electron chi connectivity index (χ4n) is 3.25. The van der Waals surface area contributed by atoms with Gasteiger partial charge < -0.3 is 10.2 Å². The fourth-order valence-corrected chi connectivity index (χ4v) is 3.46. The van der Waals surface area contributed by atoms with E-state index in [9.17, 15) is 0 Å². The molecule has 1 saturated heterocycles. The third-order valence-electron chi connectivity index (χ3n) is 4.52. The second-order valence-electron chi connectivity index (χ2n) is 6.68. The Hall–Kier alpha value is -1.66. The molecule has 1 aliphatic heterocycles. The van der Waals surface area contributed by atoms with Crippen LogP contribution in [0.25, 0.3) is 0 Å². The summed E-state index contributed by atoms with van der Waals surface area (Å²) in [6.07, 6.45) is 4.01. The molecule has 3 heterocycles. The molecule has 2 aromatic rings. The van der Waals surface area contributed by atoms with Crippen LogP contribution in [0.4, 0.5) is 5.82 Å². The summed E-state index contributed by atoms with van der Waals surface area (Å²) in [6, 6.07) is 4.37. The van der Waals surface area contributed by atoms with E-state index in [2.05, 4.69) is 39.4 Å². The van der Waals surface area contributed by atoms with Crippen molar-refractivity contribution in [3.8, 4) is 0 Å². The predicted molar refractivity (Wildman–Crippen MR) is 96.4 cm³/mol. The van der Waals surface area contributed by atoms with Crippen LogP contribution in [0.5, 0.6) is 0 Å². The van der Waals surface area contributed by atoms with Crippen molar-refractivity contribution in [1.29, 1.82) is 0 Å². The molecule has 0 radical (unpaired) electrons. The minimum absolute atomic E-state index is 0.364. The standard InChI is InChI=1S/C17H25ClN6/c1-12(2)16-14(17(18)23(3)22-16)10-19-13-6-5-9-24(11-13)15-7-4-8-20-21-15/h4,7-8,12-13,19H,5-6,9-11H2,1-3H3. The maximum absolute atomic E-state index is 6.43. The van der Waals surface area contributed by atoms with Crippen molar-refractivity contribution >= 4 is 17.4 Å². The van der Waals surface area contributed by atoms with Gasteiger partial charge in [0.15, 0.2) is 5.82 Å². The number of halogens is 1. The number of nitrogens with zero attached hydrogens (tertiary/aromatic N) is 5. The Bertz CT molecular complexity index is 669. The molecule has 0 saturated carbocycles. The molecule has 1 aliphatic rings. The molecule has 1 unspecified atom stereocenters. The smallest absolute Gasteiger partial charge is 0.151 e. The van der Waals surface area contributed by atoms with Crippen molar-refractivity contribution in [2.45, 2.75) is 45.2 Å². The summed E-state index contributed by atoms with van der Waals surface area (Å²) in [5.74, 6) is 1.31. The van der Waals surface area contributed by atoms with Gasteiger partial charge in [-0.15, -0.1) is 5.10 Å². The van der Waals surface area contributed by atoms with E-state index in [1.165, 1.54) is 0 Å². The number of hydrogen-bond donors (Lipinski definition) is 1. The molecule has 0 aliphatic carbocycles. The lowest BCUT2D eigenvalue weighted by molar-refractivity contribution is 0.418. The zero-order valence-electron chi connectivity index (χ0n) is 14.5. The van der Waals surface area contributed by atoms with Gasteiger partial charge in [-0.3, -0.25) is 4.68 Å². The van der Waals surface area contributed by atoms with Gasteiger partial charge in [-0.1, -0.05) is 25.4 Å². The molecule has 0 bridgehead atoms. The zero-order chi connectivity index (χ0) is 17.1. The Morgan fingerprint density at radius 1 is 1.42 bits per heavy atom. The summed E-state index contributed by atoms with van der Waals surface area (Å²) in [4.78, 5) is 2.29. The summed E-state index contributed by atoms with van der Waals surface area (Å²) < 4.78 is 1.76.